The molecule has 5 nitrogen and oxygen atoms in total. The number of nitrogen functional groups attached to an aromatic ring is 1. The molecule has 0 bridgehead atoms. The number of nitrogens with zero attached hydrogens (tertiary/aromatic N) is 2. The molecule has 1 aliphatic rings. The molecule has 106 valence electrons. The largest absolute Gasteiger partial charge is 0.367 e. The number of nitrogens with two attached hydrogens (primary N) is 1. The monoisotopic (exact) mass is 263 g/mol. The molecule has 0 aliphatic heterocycles. The van der Waals surface area contributed by atoms with Crippen molar-refractivity contribution >= 4 is 11.6 Å². The van der Waals surface area contributed by atoms with E-state index in [9.17, 15) is 0 Å². The molecule has 0 spiro atoms. The minimum Gasteiger partial charge on any atom is -0.367 e. The Kier molecular flexibility index (Phi) is 4.96. The van der Waals surface area contributed by atoms with Crippen molar-refractivity contribution < 1.29 is 0 Å². The predicted octanol–water partition coefficient (Wildman–Crippen LogP) is 2.71. The zero-order valence-electron chi connectivity index (χ0n) is 11.9. The maximum Gasteiger partial charge on any atom is 0.148 e. The van der Waals surface area contributed by atoms with Crippen LogP contribution in [0.3, 0.4) is 0 Å². The molecule has 1 aromatic rings. The molecule has 2 rings (SSSR count). The van der Waals surface area contributed by atoms with Gasteiger partial charge in [-0.3, -0.25) is 0 Å². The van der Waals surface area contributed by atoms with Crippen LogP contribution in [-0.2, 0) is 6.42 Å². The predicted molar refractivity (Wildman–Crippen MR) is 78.9 cm³/mol. The molecule has 1 heterocycles. The first-order valence-electron chi connectivity index (χ1n) is 7.33. The fourth-order valence-electron chi connectivity index (χ4n) is 2.94. The molecular formula is C14H25N5. The molecule has 0 aromatic carbocycles. The third-order valence-corrected chi connectivity index (χ3v) is 4.05. The number of hydrogen-bond donors (Lipinski definition) is 3. The van der Waals surface area contributed by atoms with Crippen LogP contribution >= 0.6 is 0 Å². The summed E-state index contributed by atoms with van der Waals surface area (Å²) in [6, 6.07) is 0.457. The maximum atomic E-state index is 5.53. The van der Waals surface area contributed by atoms with Gasteiger partial charge in [0.15, 0.2) is 0 Å². The smallest absolute Gasteiger partial charge is 0.148 e. The molecule has 5 heteroatoms. The lowest BCUT2D eigenvalue weighted by Gasteiger charge is -2.23. The SMILES string of the molecule is CCCc1c(NN)ncnc1NC(C)C1CCCC1. The topological polar surface area (TPSA) is 75.9 Å². The first-order chi connectivity index (χ1) is 9.26. The van der Waals surface area contributed by atoms with Gasteiger partial charge in [-0.25, -0.2) is 15.8 Å². The Bertz CT molecular complexity index is 401. The van der Waals surface area contributed by atoms with Crippen LogP contribution in [-0.4, -0.2) is 16.0 Å². The lowest BCUT2D eigenvalue weighted by atomic mass is 9.99. The van der Waals surface area contributed by atoms with Crippen molar-refractivity contribution in [3.63, 3.8) is 0 Å². The number of aromatic nitrogens is 2. The van der Waals surface area contributed by atoms with Crippen molar-refractivity contribution in [3.05, 3.63) is 11.9 Å². The van der Waals surface area contributed by atoms with Crippen molar-refractivity contribution in [2.24, 2.45) is 11.8 Å². The zero-order valence-corrected chi connectivity index (χ0v) is 11.9. The summed E-state index contributed by atoms with van der Waals surface area (Å²) in [4.78, 5) is 8.59. The van der Waals surface area contributed by atoms with E-state index in [4.69, 9.17) is 5.84 Å². The summed E-state index contributed by atoms with van der Waals surface area (Å²) < 4.78 is 0. The first-order valence-corrected chi connectivity index (χ1v) is 7.33. The average Bonchev–Trinajstić information content (AvgIpc) is 2.95. The molecular weight excluding hydrogens is 238 g/mol. The van der Waals surface area contributed by atoms with E-state index in [-0.39, 0.29) is 0 Å². The Balaban J connectivity index is 2.13. The van der Waals surface area contributed by atoms with Gasteiger partial charge in [-0.15, -0.1) is 0 Å². The molecule has 0 radical (unpaired) electrons. The third kappa shape index (κ3) is 3.35. The highest BCUT2D eigenvalue weighted by Gasteiger charge is 2.22. The second-order valence-corrected chi connectivity index (χ2v) is 5.42. The van der Waals surface area contributed by atoms with Gasteiger partial charge in [-0.2, -0.15) is 0 Å². The van der Waals surface area contributed by atoms with Gasteiger partial charge in [0.1, 0.15) is 18.0 Å². The summed E-state index contributed by atoms with van der Waals surface area (Å²) in [5, 5.41) is 3.57. The highest BCUT2D eigenvalue weighted by atomic mass is 15.3. The van der Waals surface area contributed by atoms with Crippen molar-refractivity contribution in [2.45, 2.75) is 58.4 Å². The summed E-state index contributed by atoms with van der Waals surface area (Å²) in [6.45, 7) is 4.40. The molecule has 1 atom stereocenters. The van der Waals surface area contributed by atoms with Gasteiger partial charge in [-0.05, 0) is 32.1 Å². The number of nitrogens with one attached hydrogen (secondary N) is 2. The van der Waals surface area contributed by atoms with E-state index >= 15 is 0 Å². The molecule has 1 saturated carbocycles. The average molecular weight is 263 g/mol. The van der Waals surface area contributed by atoms with Gasteiger partial charge in [0.25, 0.3) is 0 Å². The maximum absolute atomic E-state index is 5.53. The first kappa shape index (κ1) is 14.1. The van der Waals surface area contributed by atoms with Crippen LogP contribution in [0, 0.1) is 5.92 Å². The van der Waals surface area contributed by atoms with E-state index in [2.05, 4.69) is 34.6 Å². The van der Waals surface area contributed by atoms with E-state index in [1.165, 1.54) is 25.7 Å². The van der Waals surface area contributed by atoms with Crippen LogP contribution in [0.25, 0.3) is 0 Å². The summed E-state index contributed by atoms with van der Waals surface area (Å²) >= 11 is 0. The number of anilines is 2. The Labute approximate surface area is 115 Å². The molecule has 0 amide bonds. The second kappa shape index (κ2) is 6.70. The lowest BCUT2D eigenvalue weighted by Crippen LogP contribution is -2.25. The second-order valence-electron chi connectivity index (χ2n) is 5.42. The van der Waals surface area contributed by atoms with E-state index < -0.39 is 0 Å². The highest BCUT2D eigenvalue weighted by molar-refractivity contribution is 5.57. The van der Waals surface area contributed by atoms with E-state index in [0.717, 1.165) is 36.0 Å². The summed E-state index contributed by atoms with van der Waals surface area (Å²) in [5.41, 5.74) is 3.77. The van der Waals surface area contributed by atoms with Gasteiger partial charge >= 0.3 is 0 Å². The standard InChI is InChI=1S/C14H25N5/c1-3-6-12-13(16-9-17-14(12)19-15)18-10(2)11-7-4-5-8-11/h9-11H,3-8,15H2,1-2H3,(H2,16,17,18,19). The Morgan fingerprint density at radius 1 is 1.32 bits per heavy atom. The van der Waals surface area contributed by atoms with Crippen LogP contribution in [0.4, 0.5) is 11.6 Å². The van der Waals surface area contributed by atoms with Gasteiger partial charge in [0.2, 0.25) is 0 Å². The molecule has 4 N–H and O–H groups in total. The summed E-state index contributed by atoms with van der Waals surface area (Å²) in [6.07, 6.45) is 8.91. The highest BCUT2D eigenvalue weighted by Crippen LogP contribution is 2.30. The van der Waals surface area contributed by atoms with Crippen molar-refractivity contribution in [1.29, 1.82) is 0 Å². The van der Waals surface area contributed by atoms with Gasteiger partial charge in [0, 0.05) is 11.6 Å². The van der Waals surface area contributed by atoms with E-state index in [0.29, 0.717) is 6.04 Å². The molecule has 0 saturated heterocycles. The fraction of sp³-hybridized carbons (Fsp3) is 0.714. The van der Waals surface area contributed by atoms with Crippen LogP contribution in [0.2, 0.25) is 0 Å². The molecule has 19 heavy (non-hydrogen) atoms. The van der Waals surface area contributed by atoms with Gasteiger partial charge in [0.05, 0.1) is 0 Å². The number of hydrogen-bond acceptors (Lipinski definition) is 5. The minimum absolute atomic E-state index is 0.457. The van der Waals surface area contributed by atoms with E-state index in [1.807, 2.05) is 0 Å². The Morgan fingerprint density at radius 2 is 2.00 bits per heavy atom. The molecule has 1 aromatic heterocycles. The number of rotatable bonds is 6. The van der Waals surface area contributed by atoms with Crippen LogP contribution in [0.1, 0.15) is 51.5 Å². The summed E-state index contributed by atoms with van der Waals surface area (Å²) in [7, 11) is 0. The molecule has 1 fully saturated rings. The molecule has 1 aliphatic carbocycles. The van der Waals surface area contributed by atoms with Crippen molar-refractivity contribution in [3.8, 4) is 0 Å². The minimum atomic E-state index is 0.457. The quantitative estimate of drug-likeness (QED) is 0.543. The van der Waals surface area contributed by atoms with E-state index in [1.54, 1.807) is 6.33 Å². The van der Waals surface area contributed by atoms with Crippen LogP contribution in [0.15, 0.2) is 6.33 Å². The fourth-order valence-corrected chi connectivity index (χ4v) is 2.94. The van der Waals surface area contributed by atoms with Crippen molar-refractivity contribution in [2.75, 3.05) is 10.7 Å². The third-order valence-electron chi connectivity index (χ3n) is 4.05. The van der Waals surface area contributed by atoms with Crippen LogP contribution < -0.4 is 16.6 Å². The molecule has 1 unspecified atom stereocenters. The van der Waals surface area contributed by atoms with Gasteiger partial charge in [-0.1, -0.05) is 26.2 Å². The Morgan fingerprint density at radius 3 is 2.63 bits per heavy atom. The van der Waals surface area contributed by atoms with Crippen LogP contribution in [0.5, 0.6) is 0 Å². The summed E-state index contributed by atoms with van der Waals surface area (Å²) in [5.74, 6) is 7.97. The van der Waals surface area contributed by atoms with Crippen molar-refractivity contribution in [1.82, 2.24) is 9.97 Å². The lowest BCUT2D eigenvalue weighted by molar-refractivity contribution is 0.480. The van der Waals surface area contributed by atoms with Gasteiger partial charge < -0.3 is 10.7 Å². The Hall–Kier alpha value is -1.36. The normalized spacial score (nSPS) is 17.4. The number of hydrazine groups is 1. The zero-order chi connectivity index (χ0) is 13.7.